The molecule has 0 saturated heterocycles. The Morgan fingerprint density at radius 3 is 1.67 bits per heavy atom. The molecule has 0 heterocycles. The van der Waals surface area contributed by atoms with Crippen molar-refractivity contribution in [3.05, 3.63) is 23.8 Å². The minimum Gasteiger partial charge on any atom is -0.429 e. The van der Waals surface area contributed by atoms with Gasteiger partial charge in [0.1, 0.15) is 0 Å². The van der Waals surface area contributed by atoms with Gasteiger partial charge in [-0.2, -0.15) is 0 Å². The van der Waals surface area contributed by atoms with E-state index in [1.807, 2.05) is 6.07 Å². The Kier molecular flexibility index (Phi) is 2.83. The van der Waals surface area contributed by atoms with E-state index in [1.54, 1.807) is 12.1 Å². The van der Waals surface area contributed by atoms with Gasteiger partial charge in [-0.15, -0.1) is 0 Å². The van der Waals surface area contributed by atoms with Gasteiger partial charge in [0.25, 0.3) is 0 Å². The van der Waals surface area contributed by atoms with Gasteiger partial charge in [-0.05, 0) is 29.3 Å². The molecule has 0 aromatic heterocycles. The predicted octanol–water partition coefficient (Wildman–Crippen LogP) is -0.845. The first-order chi connectivity index (χ1) is 5.69. The highest BCUT2D eigenvalue weighted by Gasteiger charge is 2.16. The maximum Gasteiger partial charge on any atom is 0.482 e. The second-order valence-corrected chi connectivity index (χ2v) is 2.33. The maximum atomic E-state index is 8.61. The van der Waals surface area contributed by atoms with Gasteiger partial charge in [-0.1, -0.05) is 0 Å². The second kappa shape index (κ2) is 3.69. The van der Waals surface area contributed by atoms with Crippen LogP contribution < -0.4 is 0 Å². The third kappa shape index (κ3) is 2.05. The van der Waals surface area contributed by atoms with E-state index in [0.29, 0.717) is 5.56 Å². The Morgan fingerprint density at radius 1 is 1.00 bits per heavy atom. The van der Waals surface area contributed by atoms with Crippen molar-refractivity contribution in [3.8, 4) is 11.1 Å². The van der Waals surface area contributed by atoms with Crippen molar-refractivity contribution >= 4 is 7.69 Å². The van der Waals surface area contributed by atoms with Crippen molar-refractivity contribution in [1.29, 1.82) is 0 Å². The van der Waals surface area contributed by atoms with Crippen LogP contribution in [-0.4, -0.2) is 27.9 Å². The summed E-state index contributed by atoms with van der Waals surface area (Å²) < 4.78 is 0. The molecule has 0 aliphatic heterocycles. The van der Waals surface area contributed by atoms with Gasteiger partial charge in [-0.3, -0.25) is 0 Å². The zero-order valence-electron chi connectivity index (χ0n) is 6.18. The van der Waals surface area contributed by atoms with E-state index < -0.39 is 6.29 Å². The summed E-state index contributed by atoms with van der Waals surface area (Å²) >= 11 is 0. The summed E-state index contributed by atoms with van der Waals surface area (Å²) in [6.07, 6.45) is -1.30. The molecule has 0 aromatic carbocycles. The highest BCUT2D eigenvalue weighted by molar-refractivity contribution is 6.13. The van der Waals surface area contributed by atoms with Gasteiger partial charge in [0.2, 0.25) is 0 Å². The minimum absolute atomic E-state index is 0. The smallest absolute Gasteiger partial charge is 0.429 e. The third-order valence-corrected chi connectivity index (χ3v) is 1.50. The predicted molar refractivity (Wildman–Crippen MR) is 42.8 cm³/mol. The molecule has 63 valence electrons. The lowest BCUT2D eigenvalue weighted by Crippen LogP contribution is -1.90. The number of rotatable bonds is 1. The summed E-state index contributed by atoms with van der Waals surface area (Å²) in [7, 11) is 0. The zero-order chi connectivity index (χ0) is 9.14. The Labute approximate surface area is 70.0 Å². The van der Waals surface area contributed by atoms with Crippen LogP contribution in [0.4, 0.5) is 0 Å². The van der Waals surface area contributed by atoms with Crippen LogP contribution in [0.3, 0.4) is 0 Å². The summed E-state index contributed by atoms with van der Waals surface area (Å²) in [4.78, 5) is 0. The van der Waals surface area contributed by atoms with Crippen molar-refractivity contribution in [2.24, 2.45) is 0 Å². The lowest BCUT2D eigenvalue weighted by Gasteiger charge is -1.96. The van der Waals surface area contributed by atoms with Gasteiger partial charge in [0, 0.05) is 5.56 Å². The van der Waals surface area contributed by atoms with Gasteiger partial charge < -0.3 is 20.3 Å². The average molecular weight is 167 g/mol. The molecule has 0 aromatic rings. The molecule has 2 aliphatic carbocycles. The van der Waals surface area contributed by atoms with Crippen molar-refractivity contribution in [3.63, 3.8) is 0 Å². The van der Waals surface area contributed by atoms with Crippen LogP contribution in [0.2, 0.25) is 0 Å². The number of aliphatic hydroxyl groups is 2. The van der Waals surface area contributed by atoms with E-state index >= 15 is 0 Å². The Balaban J connectivity index is 0.000000213. The topological polar surface area (TPSA) is 80.9 Å². The van der Waals surface area contributed by atoms with Crippen molar-refractivity contribution in [2.45, 2.75) is 6.29 Å². The molecule has 0 bridgehead atoms. The number of aliphatic hydroxyl groups excluding tert-OH is 1. The van der Waals surface area contributed by atoms with Crippen LogP contribution in [-0.2, 0) is 0 Å². The molecular weight excluding hydrogens is 159 g/mol. The van der Waals surface area contributed by atoms with Crippen LogP contribution in [0, 0.1) is 0 Å². The van der Waals surface area contributed by atoms with Crippen LogP contribution >= 0.6 is 0 Å². The molecule has 4 N–H and O–H groups in total. The van der Waals surface area contributed by atoms with Gasteiger partial charge in [-0.25, -0.2) is 0 Å². The largest absolute Gasteiger partial charge is 0.482 e. The fourth-order valence-electron chi connectivity index (χ4n) is 0.931. The highest BCUT2D eigenvalue weighted by Crippen LogP contribution is 2.37. The molecule has 2 aliphatic rings. The van der Waals surface area contributed by atoms with E-state index in [-0.39, 0.29) is 7.69 Å². The second-order valence-electron chi connectivity index (χ2n) is 2.33. The Bertz CT molecular complexity index is 254. The minimum atomic E-state index is -1.30. The quantitative estimate of drug-likeness (QED) is 0.329. The first-order valence-electron chi connectivity index (χ1n) is 3.30. The first-order valence-corrected chi connectivity index (χ1v) is 3.30. The van der Waals surface area contributed by atoms with E-state index in [4.69, 9.17) is 20.3 Å². The van der Waals surface area contributed by atoms with E-state index in [1.165, 1.54) is 0 Å². The highest BCUT2D eigenvalue weighted by atomic mass is 16.5. The fraction of sp³-hybridized carbons (Fsp3) is 0.143. The molecule has 0 saturated carbocycles. The molecular formula is C7H8BO4. The normalized spacial score (nSPS) is 10.4. The van der Waals surface area contributed by atoms with Crippen LogP contribution in [0.15, 0.2) is 18.2 Å². The Morgan fingerprint density at radius 2 is 1.42 bits per heavy atom. The van der Waals surface area contributed by atoms with Crippen LogP contribution in [0.25, 0.3) is 11.1 Å². The molecule has 12 heavy (non-hydrogen) atoms. The summed E-state index contributed by atoms with van der Waals surface area (Å²) in [6.45, 7) is 0. The SMILES string of the molecule is OC(O)c1cc2cc-2c1.O[B]O. The third-order valence-electron chi connectivity index (χ3n) is 1.50. The van der Waals surface area contributed by atoms with Gasteiger partial charge in [0.15, 0.2) is 6.29 Å². The van der Waals surface area contributed by atoms with Crippen LogP contribution in [0.5, 0.6) is 0 Å². The molecule has 5 heteroatoms. The summed E-state index contributed by atoms with van der Waals surface area (Å²) in [5.74, 6) is 0. The maximum absolute atomic E-state index is 8.61. The molecule has 2 rings (SSSR count). The van der Waals surface area contributed by atoms with Crippen molar-refractivity contribution in [1.82, 2.24) is 0 Å². The molecule has 1 radical (unpaired) electrons. The molecule has 0 amide bonds. The van der Waals surface area contributed by atoms with Crippen LogP contribution in [0.1, 0.15) is 11.9 Å². The molecule has 0 spiro atoms. The monoisotopic (exact) mass is 167 g/mol. The number of hydrogen-bond donors (Lipinski definition) is 4. The standard InChI is InChI=1S/C7H6O2.BH2O2/c8-7(9)6-2-4-1-5(4)3-6;2-1-3/h1-3,7-9H;2-3H. The fourth-order valence-corrected chi connectivity index (χ4v) is 0.931. The van der Waals surface area contributed by atoms with E-state index in [0.717, 1.165) is 11.1 Å². The lowest BCUT2D eigenvalue weighted by atomic mass is 10.3. The first kappa shape index (κ1) is 9.21. The number of benzene rings is 1. The lowest BCUT2D eigenvalue weighted by molar-refractivity contribution is -0.0422. The van der Waals surface area contributed by atoms with Crippen molar-refractivity contribution < 1.29 is 20.3 Å². The van der Waals surface area contributed by atoms with Gasteiger partial charge >= 0.3 is 7.69 Å². The van der Waals surface area contributed by atoms with E-state index in [9.17, 15) is 0 Å². The van der Waals surface area contributed by atoms with Crippen molar-refractivity contribution in [2.75, 3.05) is 0 Å². The molecule has 0 atom stereocenters. The zero-order valence-corrected chi connectivity index (χ0v) is 6.18. The van der Waals surface area contributed by atoms with E-state index in [2.05, 4.69) is 0 Å². The molecule has 0 unspecified atom stereocenters. The average Bonchev–Trinajstić information content (AvgIpc) is 2.60. The molecule has 0 fully saturated rings. The summed E-state index contributed by atoms with van der Waals surface area (Å²) in [6, 6.07) is 5.55. The molecule has 4 nitrogen and oxygen atoms in total. The Hall–Kier alpha value is -0.875. The number of hydrogen-bond acceptors (Lipinski definition) is 4. The summed E-state index contributed by atoms with van der Waals surface area (Å²) in [5, 5.41) is 31.2. The summed E-state index contributed by atoms with van der Waals surface area (Å²) in [5.41, 5.74) is 2.87. The van der Waals surface area contributed by atoms with Gasteiger partial charge in [0.05, 0.1) is 0 Å². The number of fused-ring (bicyclic) bond motifs is 1.